The van der Waals surface area contributed by atoms with Crippen LogP contribution in [0.15, 0.2) is 48.5 Å². The third-order valence-corrected chi connectivity index (χ3v) is 3.85. The van der Waals surface area contributed by atoms with Crippen molar-refractivity contribution in [3.05, 3.63) is 70.8 Å². The summed E-state index contributed by atoms with van der Waals surface area (Å²) in [5.74, 6) is 0. The van der Waals surface area contributed by atoms with Crippen molar-refractivity contribution in [2.45, 2.75) is 25.8 Å². The number of hydrogen-bond donors (Lipinski definition) is 1. The third kappa shape index (κ3) is 4.69. The lowest BCUT2D eigenvalue weighted by molar-refractivity contribution is 0.202. The van der Waals surface area contributed by atoms with Gasteiger partial charge in [0.05, 0.1) is 6.61 Å². The largest absolute Gasteiger partial charge is 0.384 e. The molecule has 2 nitrogen and oxygen atoms in total. The number of benzene rings is 2. The molecular weight excluding hydrogens is 258 g/mol. The maximum Gasteiger partial charge on any atom is 0.0502 e. The lowest BCUT2D eigenvalue weighted by atomic mass is 9.97. The Balaban J connectivity index is 2.06. The fraction of sp³-hybridized carbons (Fsp3) is 0.368. The number of nitrogens with one attached hydrogen (secondary N) is 1. The average Bonchev–Trinajstić information content (AvgIpc) is 2.51. The van der Waals surface area contributed by atoms with Crippen LogP contribution in [-0.2, 0) is 17.6 Å². The second kappa shape index (κ2) is 7.96. The van der Waals surface area contributed by atoms with Gasteiger partial charge in [-0.05, 0) is 43.5 Å². The predicted octanol–water partition coefficient (Wildman–Crippen LogP) is 3.69. The van der Waals surface area contributed by atoms with Crippen molar-refractivity contribution in [1.82, 2.24) is 5.32 Å². The van der Waals surface area contributed by atoms with Gasteiger partial charge in [0.15, 0.2) is 0 Å². The number of likely N-dealkylation sites (N-methyl/N-ethyl adjacent to an activating group) is 1. The molecule has 0 bridgehead atoms. The van der Waals surface area contributed by atoms with Gasteiger partial charge in [0.25, 0.3) is 0 Å². The highest BCUT2D eigenvalue weighted by Crippen LogP contribution is 2.19. The zero-order valence-electron chi connectivity index (χ0n) is 13.2. The monoisotopic (exact) mass is 283 g/mol. The molecule has 2 rings (SSSR count). The minimum Gasteiger partial charge on any atom is -0.384 e. The van der Waals surface area contributed by atoms with Crippen LogP contribution in [0.25, 0.3) is 0 Å². The first-order valence-electron chi connectivity index (χ1n) is 7.53. The van der Waals surface area contributed by atoms with Gasteiger partial charge in [0.2, 0.25) is 0 Å². The van der Waals surface area contributed by atoms with Crippen LogP contribution < -0.4 is 5.32 Å². The fourth-order valence-electron chi connectivity index (χ4n) is 2.60. The summed E-state index contributed by atoms with van der Waals surface area (Å²) >= 11 is 0. The van der Waals surface area contributed by atoms with E-state index < -0.39 is 0 Å². The lowest BCUT2D eigenvalue weighted by Gasteiger charge is -2.17. The summed E-state index contributed by atoms with van der Waals surface area (Å²) in [6.07, 6.45) is 1.98. The summed E-state index contributed by atoms with van der Waals surface area (Å²) in [5.41, 5.74) is 5.35. The highest BCUT2D eigenvalue weighted by molar-refractivity contribution is 5.29. The van der Waals surface area contributed by atoms with Crippen LogP contribution in [0.3, 0.4) is 0 Å². The normalized spacial score (nSPS) is 12.3. The minimum atomic E-state index is 0.350. The van der Waals surface area contributed by atoms with E-state index in [9.17, 15) is 0 Å². The van der Waals surface area contributed by atoms with Gasteiger partial charge < -0.3 is 10.1 Å². The third-order valence-electron chi connectivity index (χ3n) is 3.85. The molecule has 0 saturated carbocycles. The standard InChI is InChI=1S/C19H25NO/c1-15-5-4-6-17(13-15)14-19(20-2)18-9-7-16(8-10-18)11-12-21-3/h4-10,13,19-20H,11-12,14H2,1-3H3. The molecule has 0 saturated heterocycles. The minimum absolute atomic E-state index is 0.350. The maximum absolute atomic E-state index is 5.12. The summed E-state index contributed by atoms with van der Waals surface area (Å²) < 4.78 is 5.12. The first-order valence-corrected chi connectivity index (χ1v) is 7.53. The molecule has 112 valence electrons. The zero-order chi connectivity index (χ0) is 15.1. The lowest BCUT2D eigenvalue weighted by Crippen LogP contribution is -2.18. The smallest absolute Gasteiger partial charge is 0.0502 e. The Morgan fingerprint density at radius 1 is 1.05 bits per heavy atom. The number of hydrogen-bond acceptors (Lipinski definition) is 2. The first-order chi connectivity index (χ1) is 10.2. The van der Waals surface area contributed by atoms with Crippen molar-refractivity contribution < 1.29 is 4.74 Å². The number of rotatable bonds is 7. The van der Waals surface area contributed by atoms with Crippen LogP contribution in [0, 0.1) is 6.92 Å². The van der Waals surface area contributed by atoms with Gasteiger partial charge in [-0.15, -0.1) is 0 Å². The Labute approximate surface area is 128 Å². The molecule has 0 radical (unpaired) electrons. The summed E-state index contributed by atoms with van der Waals surface area (Å²) in [7, 11) is 3.77. The van der Waals surface area contributed by atoms with Crippen molar-refractivity contribution in [3.63, 3.8) is 0 Å². The van der Waals surface area contributed by atoms with Gasteiger partial charge in [-0.2, -0.15) is 0 Å². The summed E-state index contributed by atoms with van der Waals surface area (Å²) in [6, 6.07) is 17.9. The average molecular weight is 283 g/mol. The molecular formula is C19H25NO. The Hall–Kier alpha value is -1.64. The van der Waals surface area contributed by atoms with Crippen LogP contribution in [-0.4, -0.2) is 20.8 Å². The van der Waals surface area contributed by atoms with Gasteiger partial charge in [0.1, 0.15) is 0 Å². The topological polar surface area (TPSA) is 21.3 Å². The van der Waals surface area contributed by atoms with E-state index in [1.165, 1.54) is 22.3 Å². The van der Waals surface area contributed by atoms with Crippen LogP contribution in [0.5, 0.6) is 0 Å². The first kappa shape index (κ1) is 15.7. The molecule has 1 unspecified atom stereocenters. The second-order valence-electron chi connectivity index (χ2n) is 5.52. The van der Waals surface area contributed by atoms with Crippen molar-refractivity contribution in [1.29, 1.82) is 0 Å². The van der Waals surface area contributed by atoms with Gasteiger partial charge >= 0.3 is 0 Å². The summed E-state index contributed by atoms with van der Waals surface area (Å²) in [6.45, 7) is 2.92. The van der Waals surface area contributed by atoms with Crippen LogP contribution in [0.2, 0.25) is 0 Å². The Morgan fingerprint density at radius 2 is 1.81 bits per heavy atom. The van der Waals surface area contributed by atoms with E-state index in [2.05, 4.69) is 60.8 Å². The van der Waals surface area contributed by atoms with Gasteiger partial charge in [-0.1, -0.05) is 54.1 Å². The van der Waals surface area contributed by atoms with E-state index in [1.807, 2.05) is 7.05 Å². The molecule has 2 aromatic carbocycles. The van der Waals surface area contributed by atoms with E-state index in [1.54, 1.807) is 7.11 Å². The van der Waals surface area contributed by atoms with E-state index in [-0.39, 0.29) is 0 Å². The van der Waals surface area contributed by atoms with Gasteiger partial charge in [-0.25, -0.2) is 0 Å². The molecule has 2 heteroatoms. The van der Waals surface area contributed by atoms with Crippen molar-refractivity contribution in [2.75, 3.05) is 20.8 Å². The molecule has 1 atom stereocenters. The molecule has 0 aliphatic heterocycles. The predicted molar refractivity (Wildman–Crippen MR) is 88.7 cm³/mol. The second-order valence-corrected chi connectivity index (χ2v) is 5.52. The van der Waals surface area contributed by atoms with E-state index in [4.69, 9.17) is 4.74 Å². The quantitative estimate of drug-likeness (QED) is 0.837. The number of methoxy groups -OCH3 is 1. The van der Waals surface area contributed by atoms with Crippen molar-refractivity contribution in [2.24, 2.45) is 0 Å². The van der Waals surface area contributed by atoms with Crippen molar-refractivity contribution in [3.8, 4) is 0 Å². The summed E-state index contributed by atoms with van der Waals surface area (Å²) in [5, 5.41) is 3.42. The Kier molecular flexibility index (Phi) is 5.97. The van der Waals surface area contributed by atoms with Crippen molar-refractivity contribution >= 4 is 0 Å². The van der Waals surface area contributed by atoms with Gasteiger partial charge in [0, 0.05) is 13.2 Å². The van der Waals surface area contributed by atoms with Crippen LogP contribution >= 0.6 is 0 Å². The highest BCUT2D eigenvalue weighted by Gasteiger charge is 2.10. The molecule has 0 amide bonds. The number of ether oxygens (including phenoxy) is 1. The SMILES string of the molecule is CNC(Cc1cccc(C)c1)c1ccc(CCOC)cc1. The fourth-order valence-corrected chi connectivity index (χ4v) is 2.60. The Bertz CT molecular complexity index is 548. The zero-order valence-corrected chi connectivity index (χ0v) is 13.2. The number of aryl methyl sites for hydroxylation is 1. The van der Waals surface area contributed by atoms with E-state index in [0.717, 1.165) is 19.4 Å². The maximum atomic E-state index is 5.12. The van der Waals surface area contributed by atoms with Crippen LogP contribution in [0.1, 0.15) is 28.3 Å². The van der Waals surface area contributed by atoms with E-state index in [0.29, 0.717) is 6.04 Å². The molecule has 0 spiro atoms. The summed E-state index contributed by atoms with van der Waals surface area (Å²) in [4.78, 5) is 0. The molecule has 21 heavy (non-hydrogen) atoms. The Morgan fingerprint density at radius 3 is 2.43 bits per heavy atom. The molecule has 0 heterocycles. The molecule has 1 N–H and O–H groups in total. The molecule has 0 aliphatic rings. The highest BCUT2D eigenvalue weighted by atomic mass is 16.5. The molecule has 0 aliphatic carbocycles. The molecule has 2 aromatic rings. The van der Waals surface area contributed by atoms with Gasteiger partial charge in [-0.3, -0.25) is 0 Å². The molecule has 0 fully saturated rings. The van der Waals surface area contributed by atoms with Crippen LogP contribution in [0.4, 0.5) is 0 Å². The molecule has 0 aromatic heterocycles. The van der Waals surface area contributed by atoms with E-state index >= 15 is 0 Å².